The Morgan fingerprint density at radius 3 is 0.810 bits per heavy atom. The Labute approximate surface area is 212 Å². The van der Waals surface area contributed by atoms with Crippen molar-refractivity contribution >= 4 is 0 Å². The average molecular weight is 690 g/mol. The lowest BCUT2D eigenvalue weighted by atomic mass is 9.89. The molecule has 0 aliphatic carbocycles. The van der Waals surface area contributed by atoms with Crippen molar-refractivity contribution in [3.8, 4) is 0 Å². The van der Waals surface area contributed by atoms with Crippen LogP contribution in [-0.2, 0) is 0 Å². The van der Waals surface area contributed by atoms with Crippen LogP contribution >= 0.6 is 0 Å². The van der Waals surface area contributed by atoms with Crippen LogP contribution in [0.1, 0.15) is 6.42 Å². The minimum atomic E-state index is -8.72. The maximum atomic E-state index is 13.6. The summed E-state index contributed by atoms with van der Waals surface area (Å²) in [7, 11) is 0. The van der Waals surface area contributed by atoms with Crippen LogP contribution in [0.25, 0.3) is 0 Å². The first kappa shape index (κ1) is 40.0. The smallest absolute Gasteiger partial charge is 0.396 e. The van der Waals surface area contributed by atoms with Crippen LogP contribution in [0.3, 0.4) is 0 Å². The summed E-state index contributed by atoms with van der Waals surface area (Å²) in [5.41, 5.74) is 0. The van der Waals surface area contributed by atoms with E-state index in [2.05, 4.69) is 0 Å². The molecule has 0 atom stereocenters. The molecule has 0 saturated carbocycles. The highest BCUT2D eigenvalue weighted by Crippen LogP contribution is 2.62. The van der Waals surface area contributed by atoms with E-state index in [0.717, 1.165) is 0 Å². The number of hydrogen-bond donors (Lipinski definition) is 1. The summed E-state index contributed by atoms with van der Waals surface area (Å²) in [5.74, 6) is -89.7. The molecule has 1 nitrogen and oxygen atoms in total. The molecule has 0 heterocycles. The maximum Gasteiger partial charge on any atom is 0.460 e. The monoisotopic (exact) mass is 690 g/mol. The maximum absolute atomic E-state index is 13.6. The second kappa shape index (κ2) is 10.3. The second-order valence-corrected chi connectivity index (χ2v) is 7.85. The fraction of sp³-hybridized carbons (Fsp3) is 0.875. The molecule has 0 aliphatic heterocycles. The zero-order chi connectivity index (χ0) is 34.8. The van der Waals surface area contributed by atoms with Gasteiger partial charge in [0, 0.05) is 13.0 Å². The van der Waals surface area contributed by atoms with E-state index in [0.29, 0.717) is 0 Å². The van der Waals surface area contributed by atoms with Crippen LogP contribution in [0.4, 0.5) is 110 Å². The van der Waals surface area contributed by atoms with Crippen LogP contribution in [0, 0.1) is 0 Å². The third-order valence-electron chi connectivity index (χ3n) is 4.95. The molecule has 252 valence electrons. The minimum absolute atomic E-state index is 2.29. The molecular weight excluding hydrogens is 683 g/mol. The third-order valence-corrected chi connectivity index (χ3v) is 4.95. The highest BCUT2D eigenvalue weighted by atomic mass is 19.4. The van der Waals surface area contributed by atoms with Crippen LogP contribution in [-0.4, -0.2) is 83.0 Å². The molecule has 0 spiro atoms. The lowest BCUT2D eigenvalue weighted by Gasteiger charge is -2.41. The van der Waals surface area contributed by atoms with Crippen molar-refractivity contribution in [3.63, 3.8) is 0 Å². The largest absolute Gasteiger partial charge is 0.460 e. The van der Waals surface area contributed by atoms with Gasteiger partial charge in [0.2, 0.25) is 0 Å². The molecule has 0 bridgehead atoms. The fourth-order valence-corrected chi connectivity index (χ4v) is 2.33. The molecular formula is C16H7F25O. The molecule has 0 aromatic heterocycles. The summed E-state index contributed by atoms with van der Waals surface area (Å²) in [4.78, 5) is 0. The molecule has 0 aliphatic rings. The van der Waals surface area contributed by atoms with Gasteiger partial charge in [0.25, 0.3) is 0 Å². The SMILES string of the molecule is OCCC(F)(F)C(F)(F)C(F)(F)C(F)(F)C(F)(F)C(F)(F)/C=C/C(F)(F)C(F)(F)C(F)(F)C(F)(F)C(F)(F)C(F)(F)F. The quantitative estimate of drug-likeness (QED) is 0.152. The summed E-state index contributed by atoms with van der Waals surface area (Å²) < 4.78 is 329. The van der Waals surface area contributed by atoms with Gasteiger partial charge in [0.1, 0.15) is 0 Å². The van der Waals surface area contributed by atoms with Gasteiger partial charge in [-0.3, -0.25) is 0 Å². The number of alkyl halides is 25. The van der Waals surface area contributed by atoms with Gasteiger partial charge >= 0.3 is 71.3 Å². The number of aliphatic hydroxyl groups is 1. The van der Waals surface area contributed by atoms with Crippen molar-refractivity contribution in [3.05, 3.63) is 12.2 Å². The van der Waals surface area contributed by atoms with Gasteiger partial charge in [-0.2, -0.15) is 110 Å². The summed E-state index contributed by atoms with van der Waals surface area (Å²) in [6, 6.07) is 0. The molecule has 0 rings (SSSR count). The number of hydrogen-bond acceptors (Lipinski definition) is 1. The zero-order valence-corrected chi connectivity index (χ0v) is 18.5. The molecule has 0 aromatic rings. The predicted molar refractivity (Wildman–Crippen MR) is 81.3 cm³/mol. The Kier molecular flexibility index (Phi) is 9.76. The summed E-state index contributed by atoms with van der Waals surface area (Å²) in [6.45, 7) is -2.29. The Balaban J connectivity index is 6.91. The van der Waals surface area contributed by atoms with Gasteiger partial charge in [-0.25, -0.2) is 0 Å². The van der Waals surface area contributed by atoms with E-state index in [4.69, 9.17) is 5.11 Å². The van der Waals surface area contributed by atoms with Crippen molar-refractivity contribution in [2.24, 2.45) is 0 Å². The van der Waals surface area contributed by atoms with E-state index in [-0.39, 0.29) is 0 Å². The van der Waals surface area contributed by atoms with E-state index >= 15 is 0 Å². The van der Waals surface area contributed by atoms with Crippen molar-refractivity contribution in [1.82, 2.24) is 0 Å². The average Bonchev–Trinajstić information content (AvgIpc) is 2.75. The first-order valence-electron chi connectivity index (χ1n) is 9.31. The topological polar surface area (TPSA) is 20.2 Å². The molecule has 1 N–H and O–H groups in total. The van der Waals surface area contributed by atoms with Crippen molar-refractivity contribution in [2.45, 2.75) is 77.7 Å². The normalized spacial score (nSPS) is 16.9. The van der Waals surface area contributed by atoms with Crippen molar-refractivity contribution in [1.29, 1.82) is 0 Å². The minimum Gasteiger partial charge on any atom is -0.396 e. The Morgan fingerprint density at radius 1 is 0.333 bits per heavy atom. The van der Waals surface area contributed by atoms with E-state index < -0.39 is 96.5 Å². The number of allylic oxidation sites excluding steroid dienone is 2. The van der Waals surface area contributed by atoms with Gasteiger partial charge < -0.3 is 5.11 Å². The van der Waals surface area contributed by atoms with Crippen LogP contribution < -0.4 is 0 Å². The first-order valence-corrected chi connectivity index (χ1v) is 9.31. The Bertz CT molecular complexity index is 985. The van der Waals surface area contributed by atoms with Crippen molar-refractivity contribution in [2.75, 3.05) is 6.61 Å². The van der Waals surface area contributed by atoms with Crippen LogP contribution in [0.5, 0.6) is 0 Å². The van der Waals surface area contributed by atoms with Gasteiger partial charge in [-0.05, 0) is 12.2 Å². The zero-order valence-electron chi connectivity index (χ0n) is 18.5. The van der Waals surface area contributed by atoms with Gasteiger partial charge in [0.15, 0.2) is 0 Å². The molecule has 0 unspecified atom stereocenters. The van der Waals surface area contributed by atoms with Crippen LogP contribution in [0.15, 0.2) is 12.2 Å². The lowest BCUT2D eigenvalue weighted by Crippen LogP contribution is -2.70. The molecule has 26 heteroatoms. The lowest BCUT2D eigenvalue weighted by molar-refractivity contribution is -0.436. The molecule has 0 saturated heterocycles. The van der Waals surface area contributed by atoms with Gasteiger partial charge in [-0.15, -0.1) is 0 Å². The fourth-order valence-electron chi connectivity index (χ4n) is 2.33. The van der Waals surface area contributed by atoms with Gasteiger partial charge in [0.05, 0.1) is 0 Å². The molecule has 42 heavy (non-hydrogen) atoms. The Morgan fingerprint density at radius 2 is 0.571 bits per heavy atom. The molecule has 0 fully saturated rings. The van der Waals surface area contributed by atoms with Crippen molar-refractivity contribution < 1.29 is 115 Å². The predicted octanol–water partition coefficient (Wildman–Crippen LogP) is 8.48. The molecule has 0 amide bonds. The second-order valence-electron chi connectivity index (χ2n) is 7.85. The summed E-state index contributed by atoms with van der Waals surface area (Å²) >= 11 is 0. The van der Waals surface area contributed by atoms with E-state index in [1.165, 1.54) is 0 Å². The van der Waals surface area contributed by atoms with E-state index in [1.807, 2.05) is 0 Å². The van der Waals surface area contributed by atoms with E-state index in [1.54, 1.807) is 0 Å². The number of halogens is 25. The third kappa shape index (κ3) is 5.29. The summed E-state index contributed by atoms with van der Waals surface area (Å²) in [6.07, 6.45) is -16.9. The summed E-state index contributed by atoms with van der Waals surface area (Å²) in [5, 5.41) is 8.07. The molecule has 0 aromatic carbocycles. The number of aliphatic hydroxyl groups excluding tert-OH is 1. The van der Waals surface area contributed by atoms with Crippen LogP contribution in [0.2, 0.25) is 0 Å². The first-order chi connectivity index (χ1) is 17.8. The Hall–Kier alpha value is -2.05. The van der Waals surface area contributed by atoms with Gasteiger partial charge in [-0.1, -0.05) is 0 Å². The van der Waals surface area contributed by atoms with E-state index in [9.17, 15) is 110 Å². The standard InChI is InChI=1S/C16H7F25O/c17-5(18,8(23,24)11(29,30)12(31,32)10(27,28)7(21,22)3-4-42)1-2-6(19,20)9(25,26)13(33,34)14(35,36)15(37,38)16(39,40)41/h1-2,42H,3-4H2/b2-1+. The highest BCUT2D eigenvalue weighted by molar-refractivity contribution is 5.20. The number of rotatable bonds is 13. The molecule has 0 radical (unpaired) electrons. The highest BCUT2D eigenvalue weighted by Gasteiger charge is 2.92.